The molecule has 0 saturated heterocycles. The second kappa shape index (κ2) is 9.37. The number of thiazole rings is 1. The molecule has 7 heteroatoms. The molecule has 1 unspecified atom stereocenters. The molecule has 1 aromatic carbocycles. The highest BCUT2D eigenvalue weighted by Gasteiger charge is 2.28. The summed E-state index contributed by atoms with van der Waals surface area (Å²) in [5.74, 6) is 0.601. The van der Waals surface area contributed by atoms with Gasteiger partial charge in [0.25, 0.3) is 0 Å². The number of nitrogens with zero attached hydrogens (tertiary/aromatic N) is 1. The maximum atomic E-state index is 11.9. The van der Waals surface area contributed by atoms with Crippen LogP contribution in [0.15, 0.2) is 29.6 Å². The van der Waals surface area contributed by atoms with E-state index in [1.807, 2.05) is 5.38 Å². The van der Waals surface area contributed by atoms with Crippen LogP contribution in [-0.2, 0) is 11.2 Å². The molecule has 1 heterocycles. The Morgan fingerprint density at radius 1 is 1.33 bits per heavy atom. The van der Waals surface area contributed by atoms with Gasteiger partial charge in [-0.05, 0) is 25.7 Å². The predicted octanol–water partition coefficient (Wildman–Crippen LogP) is 3.36. The van der Waals surface area contributed by atoms with Crippen LogP contribution in [0.1, 0.15) is 24.1 Å². The van der Waals surface area contributed by atoms with Crippen molar-refractivity contribution in [3.63, 3.8) is 0 Å². The van der Waals surface area contributed by atoms with E-state index < -0.39 is 0 Å². The quantitative estimate of drug-likeness (QED) is 0.798. The summed E-state index contributed by atoms with van der Waals surface area (Å²) in [6.07, 6.45) is 2.71. The number of hydrogen-bond acceptors (Lipinski definition) is 4. The Labute approximate surface area is 159 Å². The standard InChI is InChI=1S/C17H21N3OS.2ClH/c1-11-2-4-13(5-3-11)17-20-14(10-22-17)8-16(21)19-9-15(18)12-6-7-12;;/h2-5,10,12,15H,6-9,18H2,1H3,(H,19,21);2*1H. The minimum Gasteiger partial charge on any atom is -0.354 e. The SMILES string of the molecule is Cc1ccc(-c2nc(CC(=O)NCC(N)C3CC3)cs2)cc1.Cl.Cl. The van der Waals surface area contributed by atoms with Gasteiger partial charge in [0.05, 0.1) is 12.1 Å². The van der Waals surface area contributed by atoms with E-state index in [2.05, 4.69) is 41.5 Å². The van der Waals surface area contributed by atoms with Gasteiger partial charge in [-0.1, -0.05) is 29.8 Å². The smallest absolute Gasteiger partial charge is 0.226 e. The topological polar surface area (TPSA) is 68.0 Å². The van der Waals surface area contributed by atoms with Crippen LogP contribution in [0.4, 0.5) is 0 Å². The van der Waals surface area contributed by atoms with Gasteiger partial charge in [-0.3, -0.25) is 4.79 Å². The molecule has 3 N–H and O–H groups in total. The molecule has 1 atom stereocenters. The van der Waals surface area contributed by atoms with Crippen molar-refractivity contribution in [3.8, 4) is 10.6 Å². The molecule has 4 nitrogen and oxygen atoms in total. The molecular weight excluding hydrogens is 365 g/mol. The van der Waals surface area contributed by atoms with Crippen LogP contribution < -0.4 is 11.1 Å². The fraction of sp³-hybridized carbons (Fsp3) is 0.412. The van der Waals surface area contributed by atoms with Crippen LogP contribution in [0.25, 0.3) is 10.6 Å². The van der Waals surface area contributed by atoms with Crippen molar-refractivity contribution < 1.29 is 4.79 Å². The summed E-state index contributed by atoms with van der Waals surface area (Å²) < 4.78 is 0. The number of hydrogen-bond donors (Lipinski definition) is 2. The van der Waals surface area contributed by atoms with Crippen molar-refractivity contribution in [3.05, 3.63) is 40.9 Å². The first-order valence-electron chi connectivity index (χ1n) is 7.65. The Morgan fingerprint density at radius 3 is 2.62 bits per heavy atom. The lowest BCUT2D eigenvalue weighted by Crippen LogP contribution is -2.39. The zero-order chi connectivity index (χ0) is 15.5. The fourth-order valence-electron chi connectivity index (χ4n) is 2.37. The maximum Gasteiger partial charge on any atom is 0.226 e. The highest BCUT2D eigenvalue weighted by atomic mass is 35.5. The lowest BCUT2D eigenvalue weighted by atomic mass is 10.2. The van der Waals surface area contributed by atoms with Crippen molar-refractivity contribution in [2.75, 3.05) is 6.54 Å². The van der Waals surface area contributed by atoms with Crippen molar-refractivity contribution >= 4 is 42.1 Å². The minimum absolute atomic E-state index is 0. The lowest BCUT2D eigenvalue weighted by Gasteiger charge is -2.10. The number of rotatable bonds is 6. The van der Waals surface area contributed by atoms with Crippen molar-refractivity contribution in [2.24, 2.45) is 11.7 Å². The van der Waals surface area contributed by atoms with Crippen LogP contribution in [0, 0.1) is 12.8 Å². The number of amides is 1. The molecule has 132 valence electrons. The van der Waals surface area contributed by atoms with E-state index in [4.69, 9.17) is 5.73 Å². The Balaban J connectivity index is 0.00000144. The van der Waals surface area contributed by atoms with E-state index in [0.717, 1.165) is 16.3 Å². The minimum atomic E-state index is -0.00291. The third kappa shape index (κ3) is 5.74. The summed E-state index contributed by atoms with van der Waals surface area (Å²) >= 11 is 1.57. The molecule has 3 rings (SSSR count). The summed E-state index contributed by atoms with van der Waals surface area (Å²) in [6.45, 7) is 2.63. The molecular formula is C17H23Cl2N3OS. The van der Waals surface area contributed by atoms with Crippen molar-refractivity contribution in [1.82, 2.24) is 10.3 Å². The molecule has 1 aliphatic rings. The molecule has 2 aromatic rings. The molecule has 1 fully saturated rings. The molecule has 1 saturated carbocycles. The van der Waals surface area contributed by atoms with Crippen LogP contribution in [0.5, 0.6) is 0 Å². The number of carbonyl (C=O) groups excluding carboxylic acids is 1. The Kier molecular flexibility index (Phi) is 8.16. The normalized spacial score (nSPS) is 14.2. The second-order valence-electron chi connectivity index (χ2n) is 5.99. The van der Waals surface area contributed by atoms with Crippen LogP contribution >= 0.6 is 36.2 Å². The van der Waals surface area contributed by atoms with Gasteiger partial charge in [0.15, 0.2) is 0 Å². The summed E-state index contributed by atoms with van der Waals surface area (Å²) in [6, 6.07) is 8.37. The van der Waals surface area contributed by atoms with Crippen LogP contribution in [-0.4, -0.2) is 23.5 Å². The van der Waals surface area contributed by atoms with Gasteiger partial charge in [0.2, 0.25) is 5.91 Å². The van der Waals surface area contributed by atoms with Gasteiger partial charge in [-0.25, -0.2) is 4.98 Å². The third-order valence-corrected chi connectivity index (χ3v) is 4.89. The Bertz CT molecular complexity index is 656. The first kappa shape index (κ1) is 20.9. The van der Waals surface area contributed by atoms with E-state index >= 15 is 0 Å². The van der Waals surface area contributed by atoms with Gasteiger partial charge in [0, 0.05) is 23.5 Å². The van der Waals surface area contributed by atoms with Gasteiger partial charge in [-0.15, -0.1) is 36.2 Å². The number of aromatic nitrogens is 1. The average molecular weight is 388 g/mol. The van der Waals surface area contributed by atoms with Gasteiger partial charge >= 0.3 is 0 Å². The van der Waals surface area contributed by atoms with Crippen molar-refractivity contribution in [2.45, 2.75) is 32.2 Å². The Morgan fingerprint density at radius 2 is 2.00 bits per heavy atom. The number of nitrogens with one attached hydrogen (secondary N) is 1. The van der Waals surface area contributed by atoms with E-state index in [9.17, 15) is 4.79 Å². The van der Waals surface area contributed by atoms with Gasteiger partial charge < -0.3 is 11.1 Å². The number of nitrogens with two attached hydrogens (primary N) is 1. The third-order valence-electron chi connectivity index (χ3n) is 3.95. The van der Waals surface area contributed by atoms with Gasteiger partial charge in [-0.2, -0.15) is 0 Å². The second-order valence-corrected chi connectivity index (χ2v) is 6.85. The summed E-state index contributed by atoms with van der Waals surface area (Å²) in [4.78, 5) is 16.5. The summed E-state index contributed by atoms with van der Waals surface area (Å²) in [5, 5.41) is 5.82. The zero-order valence-electron chi connectivity index (χ0n) is 13.5. The Hall–Kier alpha value is -1.14. The summed E-state index contributed by atoms with van der Waals surface area (Å²) in [5.41, 5.74) is 9.13. The number of carbonyl (C=O) groups is 1. The first-order valence-corrected chi connectivity index (χ1v) is 8.53. The van der Waals surface area contributed by atoms with E-state index in [0.29, 0.717) is 18.9 Å². The summed E-state index contributed by atoms with van der Waals surface area (Å²) in [7, 11) is 0. The van der Waals surface area contributed by atoms with Gasteiger partial charge in [0.1, 0.15) is 5.01 Å². The van der Waals surface area contributed by atoms with Crippen LogP contribution in [0.2, 0.25) is 0 Å². The van der Waals surface area contributed by atoms with E-state index in [1.54, 1.807) is 11.3 Å². The molecule has 24 heavy (non-hydrogen) atoms. The monoisotopic (exact) mass is 387 g/mol. The number of aryl methyl sites for hydroxylation is 1. The molecule has 1 amide bonds. The number of benzene rings is 1. The predicted molar refractivity (Wildman–Crippen MR) is 104 cm³/mol. The van der Waals surface area contributed by atoms with Crippen LogP contribution in [0.3, 0.4) is 0 Å². The highest BCUT2D eigenvalue weighted by Crippen LogP contribution is 2.31. The maximum absolute atomic E-state index is 11.9. The fourth-order valence-corrected chi connectivity index (χ4v) is 3.19. The number of halogens is 2. The molecule has 1 aromatic heterocycles. The van der Waals surface area contributed by atoms with Crippen molar-refractivity contribution in [1.29, 1.82) is 0 Å². The zero-order valence-corrected chi connectivity index (χ0v) is 16.0. The van der Waals surface area contributed by atoms with E-state index in [1.165, 1.54) is 18.4 Å². The first-order chi connectivity index (χ1) is 10.6. The largest absolute Gasteiger partial charge is 0.354 e. The molecule has 0 bridgehead atoms. The molecule has 1 aliphatic carbocycles. The average Bonchev–Trinajstić information content (AvgIpc) is 3.26. The molecule has 0 aliphatic heterocycles. The highest BCUT2D eigenvalue weighted by molar-refractivity contribution is 7.13. The van der Waals surface area contributed by atoms with E-state index in [-0.39, 0.29) is 36.8 Å². The molecule has 0 radical (unpaired) electrons. The lowest BCUT2D eigenvalue weighted by molar-refractivity contribution is -0.120. The molecule has 0 spiro atoms.